The second-order valence-corrected chi connectivity index (χ2v) is 3.82. The molecule has 0 aliphatic heterocycles. The number of hydrogen-bond acceptors (Lipinski definition) is 4. The fourth-order valence-electron chi connectivity index (χ4n) is 1.05. The quantitative estimate of drug-likeness (QED) is 0.367. The number of benzene rings is 1. The van der Waals surface area contributed by atoms with Crippen LogP contribution in [0.1, 0.15) is 11.7 Å². The summed E-state index contributed by atoms with van der Waals surface area (Å²) in [6, 6.07) is 7.34. The third-order valence-corrected chi connectivity index (χ3v) is 2.67. The first-order valence-corrected chi connectivity index (χ1v) is 5.81. The number of aliphatic hydroxyl groups is 1. The molecule has 1 unspecified atom stereocenters. The topological polar surface area (TPSA) is 46.5 Å². The van der Waals surface area contributed by atoms with E-state index in [-0.39, 0.29) is 0 Å². The number of carbonyl (C=O) groups is 1. The van der Waals surface area contributed by atoms with Crippen molar-refractivity contribution in [2.45, 2.75) is 11.0 Å². The van der Waals surface area contributed by atoms with Crippen molar-refractivity contribution in [2.24, 2.45) is 0 Å². The number of ether oxygens (including phenoxy) is 1. The van der Waals surface area contributed by atoms with Crippen molar-refractivity contribution in [3.63, 3.8) is 0 Å². The van der Waals surface area contributed by atoms with E-state index < -0.39 is 12.1 Å². The van der Waals surface area contributed by atoms with Gasteiger partial charge in [0.25, 0.3) is 0 Å². The van der Waals surface area contributed by atoms with Crippen LogP contribution in [-0.2, 0) is 9.53 Å². The van der Waals surface area contributed by atoms with Crippen LogP contribution >= 0.6 is 11.8 Å². The molecule has 1 aromatic rings. The van der Waals surface area contributed by atoms with Gasteiger partial charge in [0.2, 0.25) is 0 Å². The lowest BCUT2D eigenvalue weighted by molar-refractivity contribution is -0.133. The molecule has 0 fully saturated rings. The van der Waals surface area contributed by atoms with Crippen molar-refractivity contribution in [2.75, 3.05) is 13.4 Å². The summed E-state index contributed by atoms with van der Waals surface area (Å²) in [7, 11) is 1.25. The molecule has 1 atom stereocenters. The third-order valence-electron chi connectivity index (χ3n) is 1.93. The van der Waals surface area contributed by atoms with Crippen molar-refractivity contribution in [1.82, 2.24) is 0 Å². The fourth-order valence-corrected chi connectivity index (χ4v) is 1.46. The lowest BCUT2D eigenvalue weighted by atomic mass is 10.1. The van der Waals surface area contributed by atoms with Crippen LogP contribution in [0.2, 0.25) is 0 Å². The van der Waals surface area contributed by atoms with Gasteiger partial charge in [0.1, 0.15) is 6.10 Å². The monoisotopic (exact) mass is 236 g/mol. The average Bonchev–Trinajstić information content (AvgIpc) is 2.35. The van der Waals surface area contributed by atoms with E-state index >= 15 is 0 Å². The Labute approximate surface area is 98.8 Å². The van der Waals surface area contributed by atoms with Crippen LogP contribution in [0.25, 0.3) is 0 Å². The summed E-state index contributed by atoms with van der Waals surface area (Å²) in [5.74, 6) is 3.95. The van der Waals surface area contributed by atoms with Crippen molar-refractivity contribution in [1.29, 1.82) is 0 Å². The Kier molecular flexibility index (Phi) is 4.90. The van der Waals surface area contributed by atoms with Crippen molar-refractivity contribution < 1.29 is 14.6 Å². The maximum Gasteiger partial charge on any atom is 0.384 e. The van der Waals surface area contributed by atoms with Crippen molar-refractivity contribution >= 4 is 17.7 Å². The average molecular weight is 236 g/mol. The van der Waals surface area contributed by atoms with E-state index in [4.69, 9.17) is 0 Å². The Bertz CT molecular complexity index is 414. The minimum atomic E-state index is -0.963. The lowest BCUT2D eigenvalue weighted by Crippen LogP contribution is -1.98. The summed E-state index contributed by atoms with van der Waals surface area (Å²) < 4.78 is 4.35. The molecule has 0 bridgehead atoms. The van der Waals surface area contributed by atoms with E-state index in [1.54, 1.807) is 23.9 Å². The first-order valence-electron chi connectivity index (χ1n) is 4.59. The molecule has 0 radical (unpaired) electrons. The molecule has 0 saturated carbocycles. The summed E-state index contributed by atoms with van der Waals surface area (Å²) in [5, 5.41) is 9.64. The minimum Gasteiger partial charge on any atom is -0.459 e. The minimum absolute atomic E-state index is 0.653. The smallest absolute Gasteiger partial charge is 0.384 e. The molecule has 0 saturated heterocycles. The second kappa shape index (κ2) is 6.21. The van der Waals surface area contributed by atoms with Crippen LogP contribution in [-0.4, -0.2) is 24.4 Å². The summed E-state index contributed by atoms with van der Waals surface area (Å²) in [4.78, 5) is 11.8. The molecule has 84 valence electrons. The van der Waals surface area contributed by atoms with Crippen LogP contribution in [0.5, 0.6) is 0 Å². The van der Waals surface area contributed by atoms with Gasteiger partial charge in [-0.25, -0.2) is 4.79 Å². The highest BCUT2D eigenvalue weighted by atomic mass is 32.2. The molecule has 1 rings (SSSR count). The number of esters is 1. The number of thioether (sulfide) groups is 1. The largest absolute Gasteiger partial charge is 0.459 e. The number of carbonyl (C=O) groups excluding carboxylic acids is 1. The van der Waals surface area contributed by atoms with E-state index in [0.29, 0.717) is 5.56 Å². The zero-order valence-corrected chi connectivity index (χ0v) is 9.88. The molecule has 0 aliphatic carbocycles. The predicted octanol–water partition coefficient (Wildman–Crippen LogP) is 1.62. The molecule has 4 heteroatoms. The third kappa shape index (κ3) is 3.61. The molecule has 0 aromatic heterocycles. The van der Waals surface area contributed by atoms with Crippen LogP contribution < -0.4 is 0 Å². The Hall–Kier alpha value is -1.44. The molecule has 1 aromatic carbocycles. The molecule has 0 amide bonds. The number of hydrogen-bond donors (Lipinski definition) is 1. The van der Waals surface area contributed by atoms with Crippen molar-refractivity contribution in [3.05, 3.63) is 29.8 Å². The maximum absolute atomic E-state index is 10.7. The van der Waals surface area contributed by atoms with Gasteiger partial charge in [-0.1, -0.05) is 18.1 Å². The Balaban J connectivity index is 2.75. The zero-order chi connectivity index (χ0) is 12.0. The molecule has 0 heterocycles. The Morgan fingerprint density at radius 2 is 2.06 bits per heavy atom. The van der Waals surface area contributed by atoms with E-state index in [1.807, 2.05) is 18.4 Å². The summed E-state index contributed by atoms with van der Waals surface area (Å²) >= 11 is 1.62. The van der Waals surface area contributed by atoms with Gasteiger partial charge in [-0.05, 0) is 24.0 Å². The van der Waals surface area contributed by atoms with Gasteiger partial charge in [0.05, 0.1) is 7.11 Å². The molecular formula is C12H12O3S. The van der Waals surface area contributed by atoms with E-state index in [0.717, 1.165) is 4.90 Å². The molecule has 1 N–H and O–H groups in total. The van der Waals surface area contributed by atoms with Gasteiger partial charge >= 0.3 is 5.97 Å². The van der Waals surface area contributed by atoms with Gasteiger partial charge < -0.3 is 9.84 Å². The van der Waals surface area contributed by atoms with E-state index in [1.165, 1.54) is 7.11 Å². The summed E-state index contributed by atoms with van der Waals surface area (Å²) in [6.45, 7) is 0. The molecule has 0 aliphatic rings. The van der Waals surface area contributed by atoms with Gasteiger partial charge in [-0.15, -0.1) is 11.8 Å². The van der Waals surface area contributed by atoms with Crippen molar-refractivity contribution in [3.8, 4) is 11.8 Å². The van der Waals surface area contributed by atoms with Gasteiger partial charge in [-0.3, -0.25) is 0 Å². The first kappa shape index (κ1) is 12.6. The highest BCUT2D eigenvalue weighted by Gasteiger charge is 2.03. The SMILES string of the molecule is COC(=O)C#CC(O)c1ccc(SC)cc1. The highest BCUT2D eigenvalue weighted by Crippen LogP contribution is 2.18. The van der Waals surface area contributed by atoms with Crippen LogP contribution in [0.15, 0.2) is 29.2 Å². The summed E-state index contributed by atoms with van der Waals surface area (Å²) in [6.07, 6.45) is 1.01. The van der Waals surface area contributed by atoms with Crippen LogP contribution in [0.4, 0.5) is 0 Å². The normalized spacial score (nSPS) is 11.2. The molecule has 3 nitrogen and oxygen atoms in total. The molecule has 0 spiro atoms. The van der Waals surface area contributed by atoms with Gasteiger partial charge in [-0.2, -0.15) is 0 Å². The summed E-state index contributed by atoms with van der Waals surface area (Å²) in [5.41, 5.74) is 0.661. The predicted molar refractivity (Wildman–Crippen MR) is 63.0 cm³/mol. The Morgan fingerprint density at radius 1 is 1.44 bits per heavy atom. The Morgan fingerprint density at radius 3 is 2.56 bits per heavy atom. The molecule has 16 heavy (non-hydrogen) atoms. The van der Waals surface area contributed by atoms with Crippen LogP contribution in [0.3, 0.4) is 0 Å². The van der Waals surface area contributed by atoms with E-state index in [2.05, 4.69) is 16.6 Å². The number of methoxy groups -OCH3 is 1. The maximum atomic E-state index is 10.7. The molecular weight excluding hydrogens is 224 g/mol. The zero-order valence-electron chi connectivity index (χ0n) is 9.06. The fraction of sp³-hybridized carbons (Fsp3) is 0.250. The lowest BCUT2D eigenvalue weighted by Gasteiger charge is -2.03. The first-order chi connectivity index (χ1) is 7.67. The van der Waals surface area contributed by atoms with Gasteiger partial charge in [0, 0.05) is 10.8 Å². The second-order valence-electron chi connectivity index (χ2n) is 2.94. The number of aliphatic hydroxyl groups excluding tert-OH is 1. The van der Waals surface area contributed by atoms with E-state index in [9.17, 15) is 9.90 Å². The standard InChI is InChI=1S/C12H12O3S/c1-15-12(14)8-7-11(13)9-3-5-10(16-2)6-4-9/h3-6,11,13H,1-2H3. The number of rotatable bonds is 2. The van der Waals surface area contributed by atoms with Gasteiger partial charge in [0.15, 0.2) is 0 Å². The van der Waals surface area contributed by atoms with Crippen LogP contribution in [0, 0.1) is 11.8 Å². The highest BCUT2D eigenvalue weighted by molar-refractivity contribution is 7.98.